The van der Waals surface area contributed by atoms with Crippen molar-refractivity contribution in [3.05, 3.63) is 52.1 Å². The first-order chi connectivity index (χ1) is 14.0. The first-order valence-electron chi connectivity index (χ1n) is 9.97. The molecule has 8 heteroatoms. The van der Waals surface area contributed by atoms with E-state index in [1.54, 1.807) is 0 Å². The number of carbonyl (C=O) groups is 1. The summed E-state index contributed by atoms with van der Waals surface area (Å²) in [5.41, 5.74) is 1.24. The van der Waals surface area contributed by atoms with Crippen LogP contribution >= 0.6 is 22.9 Å². The summed E-state index contributed by atoms with van der Waals surface area (Å²) in [5.74, 6) is 0.759. The van der Waals surface area contributed by atoms with Gasteiger partial charge in [0.1, 0.15) is 10.7 Å². The summed E-state index contributed by atoms with van der Waals surface area (Å²) >= 11 is 7.80. The summed E-state index contributed by atoms with van der Waals surface area (Å²) in [5, 5.41) is 0.699. The van der Waals surface area contributed by atoms with Crippen molar-refractivity contribution < 1.29 is 4.79 Å². The highest BCUT2D eigenvalue weighted by molar-refractivity contribution is 7.21. The highest BCUT2D eigenvalue weighted by atomic mass is 35.5. The monoisotopic (exact) mass is 428 g/mol. The first kappa shape index (κ1) is 18.8. The normalized spacial score (nSPS) is 20.3. The number of H-pyrrole nitrogens is 1. The Morgan fingerprint density at radius 2 is 2.07 bits per heavy atom. The van der Waals surface area contributed by atoms with Gasteiger partial charge < -0.3 is 9.88 Å². The van der Waals surface area contributed by atoms with Crippen LogP contribution in [0.2, 0.25) is 0 Å². The molecule has 1 atom stereocenters. The molecule has 1 aromatic carbocycles. The third kappa shape index (κ3) is 3.57. The van der Waals surface area contributed by atoms with E-state index in [0.29, 0.717) is 27.7 Å². The van der Waals surface area contributed by atoms with Crippen LogP contribution < -0.4 is 10.5 Å². The van der Waals surface area contributed by atoms with E-state index in [9.17, 15) is 9.59 Å². The second kappa shape index (κ2) is 7.22. The number of hydrogen-bond donors (Lipinski definition) is 1. The van der Waals surface area contributed by atoms with Gasteiger partial charge in [-0.25, -0.2) is 9.97 Å². The fourth-order valence-corrected chi connectivity index (χ4v) is 5.11. The zero-order valence-electron chi connectivity index (χ0n) is 15.9. The van der Waals surface area contributed by atoms with Gasteiger partial charge in [0, 0.05) is 13.0 Å². The summed E-state index contributed by atoms with van der Waals surface area (Å²) in [6.45, 7) is 0.770. The number of alkyl halides is 1. The third-order valence-electron chi connectivity index (χ3n) is 5.74. The molecule has 5 rings (SSSR count). The summed E-state index contributed by atoms with van der Waals surface area (Å²) < 4.78 is 0. The quantitative estimate of drug-likeness (QED) is 0.604. The van der Waals surface area contributed by atoms with Gasteiger partial charge >= 0.3 is 0 Å². The second-order valence-corrected chi connectivity index (χ2v) is 9.51. The summed E-state index contributed by atoms with van der Waals surface area (Å²) in [7, 11) is 0. The predicted octanol–water partition coefficient (Wildman–Crippen LogP) is 3.78. The van der Waals surface area contributed by atoms with Gasteiger partial charge in [-0.05, 0) is 37.7 Å². The van der Waals surface area contributed by atoms with Crippen LogP contribution in [0.1, 0.15) is 43.5 Å². The minimum absolute atomic E-state index is 0.180. The number of anilines is 1. The minimum Gasteiger partial charge on any atom is -0.338 e. The number of rotatable bonds is 6. The van der Waals surface area contributed by atoms with Crippen molar-refractivity contribution >= 4 is 44.2 Å². The van der Waals surface area contributed by atoms with Crippen molar-refractivity contribution in [3.8, 4) is 0 Å². The lowest BCUT2D eigenvalue weighted by atomic mass is 10.0. The maximum Gasteiger partial charge on any atom is 0.278 e. The van der Waals surface area contributed by atoms with Crippen LogP contribution in [0.5, 0.6) is 0 Å². The number of thiazole rings is 1. The number of nitrogens with zero attached hydrogens (tertiary/aromatic N) is 3. The topological polar surface area (TPSA) is 79.0 Å². The highest BCUT2D eigenvalue weighted by Crippen LogP contribution is 2.50. The molecule has 3 aromatic rings. The van der Waals surface area contributed by atoms with E-state index in [-0.39, 0.29) is 17.4 Å². The number of ketones is 1. The molecule has 0 bridgehead atoms. The molecule has 1 aliphatic heterocycles. The van der Waals surface area contributed by atoms with Crippen molar-refractivity contribution in [1.82, 2.24) is 15.0 Å². The molecule has 1 N–H and O–H groups in total. The van der Waals surface area contributed by atoms with Crippen molar-refractivity contribution in [3.63, 3.8) is 0 Å². The zero-order chi connectivity index (χ0) is 20.0. The fraction of sp³-hybridized carbons (Fsp3) is 0.429. The Labute approximate surface area is 176 Å². The molecule has 1 saturated heterocycles. The van der Waals surface area contributed by atoms with E-state index in [1.807, 2.05) is 35.2 Å². The highest BCUT2D eigenvalue weighted by Gasteiger charge is 2.45. The first-order valence-corrected chi connectivity index (χ1v) is 11.2. The molecular weight excluding hydrogens is 408 g/mol. The maximum atomic E-state index is 12.9. The van der Waals surface area contributed by atoms with Crippen LogP contribution in [0.4, 0.5) is 5.13 Å². The SMILES string of the molecule is O=C(CCc1ccccc1)[C@H]1CCCN1c1nc2c(=O)[nH]c(C3(Cl)CC3)nc2s1. The largest absolute Gasteiger partial charge is 0.338 e. The van der Waals surface area contributed by atoms with Gasteiger partial charge in [0.25, 0.3) is 5.56 Å². The molecular formula is C21H21ClN4O2S. The fourth-order valence-electron chi connectivity index (χ4n) is 3.91. The van der Waals surface area contributed by atoms with Crippen LogP contribution in [0.3, 0.4) is 0 Å². The van der Waals surface area contributed by atoms with Gasteiger partial charge in [-0.3, -0.25) is 9.59 Å². The Kier molecular flexibility index (Phi) is 4.67. The molecule has 6 nitrogen and oxygen atoms in total. The number of aryl methyl sites for hydroxylation is 1. The van der Waals surface area contributed by atoms with Gasteiger partial charge in [0.05, 0.1) is 6.04 Å². The molecule has 0 radical (unpaired) electrons. The molecule has 2 fully saturated rings. The molecule has 0 unspecified atom stereocenters. The molecule has 3 heterocycles. The Bertz CT molecular complexity index is 1120. The number of halogens is 1. The number of benzene rings is 1. The van der Waals surface area contributed by atoms with Crippen LogP contribution in [-0.2, 0) is 16.1 Å². The lowest BCUT2D eigenvalue weighted by molar-refractivity contribution is -0.120. The molecule has 29 heavy (non-hydrogen) atoms. The summed E-state index contributed by atoms with van der Waals surface area (Å²) in [6, 6.07) is 9.88. The molecule has 0 spiro atoms. The van der Waals surface area contributed by atoms with Crippen LogP contribution in [0.25, 0.3) is 10.3 Å². The molecule has 150 valence electrons. The Balaban J connectivity index is 1.38. The Hall–Kier alpha value is -2.25. The average molecular weight is 429 g/mol. The standard InChI is InChI=1S/C21H21ClN4O2S/c22-21(10-11-21)19-24-17(28)16-18(25-19)29-20(23-16)26-12-4-7-14(26)15(27)9-8-13-5-2-1-3-6-13/h1-3,5-6,14H,4,7-12H2,(H,24,25,28)/t14-/m1/s1. The van der Waals surface area contributed by atoms with E-state index in [1.165, 1.54) is 16.9 Å². The van der Waals surface area contributed by atoms with E-state index in [0.717, 1.165) is 38.6 Å². The molecule has 1 aliphatic carbocycles. The van der Waals surface area contributed by atoms with Crippen molar-refractivity contribution in [2.24, 2.45) is 0 Å². The van der Waals surface area contributed by atoms with Crippen LogP contribution in [0, 0.1) is 0 Å². The van der Waals surface area contributed by atoms with Gasteiger partial charge in [-0.15, -0.1) is 11.6 Å². The predicted molar refractivity (Wildman–Crippen MR) is 115 cm³/mol. The molecule has 0 amide bonds. The van der Waals surface area contributed by atoms with Crippen molar-refractivity contribution in [1.29, 1.82) is 0 Å². The van der Waals surface area contributed by atoms with Crippen LogP contribution in [-0.4, -0.2) is 33.3 Å². The van der Waals surface area contributed by atoms with Crippen molar-refractivity contribution in [2.75, 3.05) is 11.4 Å². The number of hydrogen-bond acceptors (Lipinski definition) is 6. The number of aromatic amines is 1. The number of aromatic nitrogens is 3. The molecule has 2 aliphatic rings. The van der Waals surface area contributed by atoms with Gasteiger partial charge in [-0.2, -0.15) is 0 Å². The number of fused-ring (bicyclic) bond motifs is 1. The lowest BCUT2D eigenvalue weighted by Crippen LogP contribution is -2.36. The number of carbonyl (C=O) groups excluding carboxylic acids is 1. The molecule has 2 aromatic heterocycles. The van der Waals surface area contributed by atoms with Crippen molar-refractivity contribution in [2.45, 2.75) is 49.4 Å². The van der Waals surface area contributed by atoms with Gasteiger partial charge in [-0.1, -0.05) is 41.7 Å². The average Bonchev–Trinajstić information content (AvgIpc) is 3.14. The van der Waals surface area contributed by atoms with Crippen LogP contribution in [0.15, 0.2) is 35.1 Å². The summed E-state index contributed by atoms with van der Waals surface area (Å²) in [6.07, 6.45) is 4.65. The van der Waals surface area contributed by atoms with E-state index >= 15 is 0 Å². The molecule has 1 saturated carbocycles. The van der Waals surface area contributed by atoms with Gasteiger partial charge in [0.15, 0.2) is 21.3 Å². The van der Waals surface area contributed by atoms with Gasteiger partial charge in [0.2, 0.25) is 0 Å². The number of nitrogens with one attached hydrogen (secondary N) is 1. The zero-order valence-corrected chi connectivity index (χ0v) is 17.4. The Morgan fingerprint density at radius 3 is 2.83 bits per heavy atom. The lowest BCUT2D eigenvalue weighted by Gasteiger charge is -2.22. The smallest absolute Gasteiger partial charge is 0.278 e. The van der Waals surface area contributed by atoms with E-state index in [2.05, 4.69) is 15.0 Å². The maximum absolute atomic E-state index is 12.9. The third-order valence-corrected chi connectivity index (χ3v) is 7.29. The minimum atomic E-state index is -0.527. The van der Waals surface area contributed by atoms with E-state index in [4.69, 9.17) is 11.6 Å². The second-order valence-electron chi connectivity index (χ2n) is 7.83. The van der Waals surface area contributed by atoms with E-state index < -0.39 is 4.87 Å². The number of Topliss-reactive ketones (excluding diaryl/α,β-unsaturated/α-hetero) is 1. The Morgan fingerprint density at radius 1 is 1.28 bits per heavy atom. The summed E-state index contributed by atoms with van der Waals surface area (Å²) in [4.78, 5) is 39.4.